The largest absolute Gasteiger partial charge is 0.325 e. The van der Waals surface area contributed by atoms with Crippen LogP contribution >= 0.6 is 23.1 Å². The summed E-state index contributed by atoms with van der Waals surface area (Å²) in [5.41, 5.74) is 1.90. The molecule has 0 aliphatic carbocycles. The molecule has 0 aliphatic rings. The van der Waals surface area contributed by atoms with E-state index in [1.165, 1.54) is 16.6 Å². The van der Waals surface area contributed by atoms with Gasteiger partial charge in [-0.3, -0.25) is 4.79 Å². The highest BCUT2D eigenvalue weighted by atomic mass is 32.2. The molecule has 2 aromatic heterocycles. The molecule has 0 atom stereocenters. The molecular formula is C21H20N4OS2. The third-order valence-electron chi connectivity index (χ3n) is 4.42. The van der Waals surface area contributed by atoms with E-state index in [2.05, 4.69) is 45.4 Å². The molecule has 28 heavy (non-hydrogen) atoms. The van der Waals surface area contributed by atoms with Crippen LogP contribution < -0.4 is 5.32 Å². The average molecular weight is 409 g/mol. The number of amides is 1. The minimum atomic E-state index is -0.0556. The van der Waals surface area contributed by atoms with Crippen LogP contribution in [-0.4, -0.2) is 26.4 Å². The third kappa shape index (κ3) is 3.81. The van der Waals surface area contributed by atoms with Crippen LogP contribution in [0.5, 0.6) is 0 Å². The van der Waals surface area contributed by atoms with Gasteiger partial charge in [-0.15, -0.1) is 21.5 Å². The van der Waals surface area contributed by atoms with Gasteiger partial charge in [-0.2, -0.15) is 0 Å². The van der Waals surface area contributed by atoms with Gasteiger partial charge in [0.25, 0.3) is 0 Å². The summed E-state index contributed by atoms with van der Waals surface area (Å²) in [4.78, 5) is 13.8. The molecule has 0 spiro atoms. The van der Waals surface area contributed by atoms with Crippen molar-refractivity contribution in [1.82, 2.24) is 14.8 Å². The number of aryl methyl sites for hydroxylation is 1. The number of hydrogen-bond acceptors (Lipinski definition) is 5. The van der Waals surface area contributed by atoms with Gasteiger partial charge in [0, 0.05) is 33.4 Å². The lowest BCUT2D eigenvalue weighted by Crippen LogP contribution is -2.15. The quantitative estimate of drug-likeness (QED) is 0.445. The average Bonchev–Trinajstić information content (AvgIpc) is 3.32. The van der Waals surface area contributed by atoms with E-state index in [4.69, 9.17) is 0 Å². The van der Waals surface area contributed by atoms with E-state index >= 15 is 0 Å². The molecule has 1 amide bonds. The lowest BCUT2D eigenvalue weighted by molar-refractivity contribution is -0.113. The summed E-state index contributed by atoms with van der Waals surface area (Å²) in [6.07, 6.45) is 0. The van der Waals surface area contributed by atoms with Crippen LogP contribution in [0.3, 0.4) is 0 Å². The van der Waals surface area contributed by atoms with E-state index in [9.17, 15) is 4.79 Å². The van der Waals surface area contributed by atoms with Gasteiger partial charge in [-0.1, -0.05) is 48.2 Å². The van der Waals surface area contributed by atoms with Crippen molar-refractivity contribution in [2.45, 2.75) is 25.5 Å². The number of nitrogens with zero attached hydrogens (tertiary/aromatic N) is 3. The number of thiophene rings is 1. The van der Waals surface area contributed by atoms with E-state index in [1.54, 1.807) is 11.3 Å². The summed E-state index contributed by atoms with van der Waals surface area (Å²) in [5, 5.41) is 16.7. The fourth-order valence-corrected chi connectivity index (χ4v) is 4.59. The number of fused-ring (bicyclic) bond motifs is 1. The van der Waals surface area contributed by atoms with E-state index in [-0.39, 0.29) is 11.7 Å². The van der Waals surface area contributed by atoms with Crippen molar-refractivity contribution in [2.24, 2.45) is 0 Å². The SMILES string of the molecule is CCn1c(SCC(=O)Nc2cccc3ccccc23)nnc1-c1csc(C)c1. The maximum Gasteiger partial charge on any atom is 0.234 e. The standard InChI is InChI=1S/C21H20N4OS2/c1-3-25-20(16-11-14(2)27-12-16)23-24-21(25)28-13-19(26)22-18-10-6-8-15-7-4-5-9-17(15)18/h4-12H,3,13H2,1-2H3,(H,22,26). The summed E-state index contributed by atoms with van der Waals surface area (Å²) in [5.74, 6) is 1.08. The summed E-state index contributed by atoms with van der Waals surface area (Å²) >= 11 is 3.10. The normalized spacial score (nSPS) is 11.1. The second kappa shape index (κ2) is 8.16. The number of aromatic nitrogens is 3. The Labute approximate surface area is 171 Å². The fraction of sp³-hybridized carbons (Fsp3) is 0.190. The van der Waals surface area contributed by atoms with Crippen LogP contribution in [-0.2, 0) is 11.3 Å². The van der Waals surface area contributed by atoms with E-state index in [0.717, 1.165) is 39.5 Å². The number of hydrogen-bond donors (Lipinski definition) is 1. The summed E-state index contributed by atoms with van der Waals surface area (Å²) in [7, 11) is 0. The smallest absolute Gasteiger partial charge is 0.234 e. The first-order valence-electron chi connectivity index (χ1n) is 9.05. The molecule has 0 saturated heterocycles. The zero-order valence-corrected chi connectivity index (χ0v) is 17.3. The monoisotopic (exact) mass is 408 g/mol. The second-order valence-electron chi connectivity index (χ2n) is 6.36. The summed E-state index contributed by atoms with van der Waals surface area (Å²) in [6.45, 7) is 4.89. The lowest BCUT2D eigenvalue weighted by atomic mass is 10.1. The Balaban J connectivity index is 1.47. The molecular weight excluding hydrogens is 388 g/mol. The first kappa shape index (κ1) is 18.7. The fourth-order valence-electron chi connectivity index (χ4n) is 3.11. The topological polar surface area (TPSA) is 59.8 Å². The minimum Gasteiger partial charge on any atom is -0.325 e. The highest BCUT2D eigenvalue weighted by Gasteiger charge is 2.15. The number of carbonyl (C=O) groups is 1. The molecule has 0 fully saturated rings. The van der Waals surface area contributed by atoms with Gasteiger partial charge in [-0.25, -0.2) is 0 Å². The van der Waals surface area contributed by atoms with Crippen molar-refractivity contribution in [1.29, 1.82) is 0 Å². The molecule has 0 bridgehead atoms. The van der Waals surface area contributed by atoms with E-state index in [0.29, 0.717) is 0 Å². The molecule has 7 heteroatoms. The van der Waals surface area contributed by atoms with E-state index in [1.807, 2.05) is 42.5 Å². The van der Waals surface area contributed by atoms with Crippen molar-refractivity contribution in [2.75, 3.05) is 11.1 Å². The van der Waals surface area contributed by atoms with Gasteiger partial charge in [0.2, 0.25) is 5.91 Å². The predicted octanol–water partition coefficient (Wildman–Crippen LogP) is 5.22. The van der Waals surface area contributed by atoms with Crippen molar-refractivity contribution in [3.05, 3.63) is 58.8 Å². The second-order valence-corrected chi connectivity index (χ2v) is 8.42. The molecule has 0 aliphatic heterocycles. The van der Waals surface area contributed by atoms with Crippen molar-refractivity contribution < 1.29 is 4.79 Å². The Morgan fingerprint density at radius 2 is 2.00 bits per heavy atom. The number of benzene rings is 2. The minimum absolute atomic E-state index is 0.0556. The zero-order valence-electron chi connectivity index (χ0n) is 15.7. The molecule has 2 aromatic carbocycles. The summed E-state index contributed by atoms with van der Waals surface area (Å²) < 4.78 is 2.05. The van der Waals surface area contributed by atoms with Gasteiger partial charge in [0.15, 0.2) is 11.0 Å². The van der Waals surface area contributed by atoms with Gasteiger partial charge >= 0.3 is 0 Å². The Kier molecular flexibility index (Phi) is 5.45. The maximum absolute atomic E-state index is 12.5. The molecule has 5 nitrogen and oxygen atoms in total. The number of rotatable bonds is 6. The van der Waals surface area contributed by atoms with Crippen LogP contribution in [0.2, 0.25) is 0 Å². The number of thioether (sulfide) groups is 1. The molecule has 2 heterocycles. The van der Waals surface area contributed by atoms with Gasteiger partial charge in [0.05, 0.1) is 5.75 Å². The zero-order chi connectivity index (χ0) is 19.5. The highest BCUT2D eigenvalue weighted by molar-refractivity contribution is 7.99. The number of anilines is 1. The Morgan fingerprint density at radius 1 is 1.18 bits per heavy atom. The molecule has 4 rings (SSSR count). The molecule has 0 radical (unpaired) electrons. The predicted molar refractivity (Wildman–Crippen MR) is 117 cm³/mol. The number of carbonyl (C=O) groups excluding carboxylic acids is 1. The first-order chi connectivity index (χ1) is 13.7. The maximum atomic E-state index is 12.5. The van der Waals surface area contributed by atoms with E-state index < -0.39 is 0 Å². The van der Waals surface area contributed by atoms with Crippen molar-refractivity contribution in [3.8, 4) is 11.4 Å². The highest BCUT2D eigenvalue weighted by Crippen LogP contribution is 2.28. The lowest BCUT2D eigenvalue weighted by Gasteiger charge is -2.09. The Morgan fingerprint density at radius 3 is 2.79 bits per heavy atom. The van der Waals surface area contributed by atoms with Crippen LogP contribution in [0.1, 0.15) is 11.8 Å². The molecule has 4 aromatic rings. The van der Waals surface area contributed by atoms with Crippen molar-refractivity contribution in [3.63, 3.8) is 0 Å². The molecule has 0 unspecified atom stereocenters. The third-order valence-corrected chi connectivity index (χ3v) is 6.25. The van der Waals surface area contributed by atoms with Crippen LogP contribution in [0, 0.1) is 6.92 Å². The van der Waals surface area contributed by atoms with Crippen LogP contribution in [0.15, 0.2) is 59.1 Å². The molecule has 142 valence electrons. The first-order valence-corrected chi connectivity index (χ1v) is 10.9. The van der Waals surface area contributed by atoms with Gasteiger partial charge < -0.3 is 9.88 Å². The molecule has 0 saturated carbocycles. The van der Waals surface area contributed by atoms with Crippen LogP contribution in [0.4, 0.5) is 5.69 Å². The molecule has 1 N–H and O–H groups in total. The van der Waals surface area contributed by atoms with Gasteiger partial charge in [0.1, 0.15) is 0 Å². The number of nitrogens with one attached hydrogen (secondary N) is 1. The summed E-state index contributed by atoms with van der Waals surface area (Å²) in [6, 6.07) is 16.1. The van der Waals surface area contributed by atoms with Crippen molar-refractivity contribution >= 4 is 45.5 Å². The Hall–Kier alpha value is -2.64. The Bertz CT molecular complexity index is 1130. The van der Waals surface area contributed by atoms with Gasteiger partial charge in [-0.05, 0) is 31.4 Å². The van der Waals surface area contributed by atoms with Crippen LogP contribution in [0.25, 0.3) is 22.2 Å².